The van der Waals surface area contributed by atoms with Gasteiger partial charge in [-0.1, -0.05) is 5.16 Å². The van der Waals surface area contributed by atoms with Crippen molar-refractivity contribution in [3.8, 4) is 22.8 Å². The second kappa shape index (κ2) is 4.86. The molecule has 0 unspecified atom stereocenters. The fourth-order valence-electron chi connectivity index (χ4n) is 2.06. The van der Waals surface area contributed by atoms with E-state index in [0.29, 0.717) is 22.8 Å². The highest BCUT2D eigenvalue weighted by molar-refractivity contribution is 5.86. The first-order valence-electron chi connectivity index (χ1n) is 5.81. The number of nitrogens with zero attached hydrogens (tertiary/aromatic N) is 1. The van der Waals surface area contributed by atoms with Crippen molar-refractivity contribution >= 4 is 5.97 Å². The summed E-state index contributed by atoms with van der Waals surface area (Å²) in [6.07, 6.45) is 0. The SMILES string of the molecule is COCc1c(-c2cc(C(=O)O)on2)ccc2c1OCO2. The van der Waals surface area contributed by atoms with Gasteiger partial charge in [0.15, 0.2) is 11.5 Å². The summed E-state index contributed by atoms with van der Waals surface area (Å²) in [5.74, 6) is -0.175. The lowest BCUT2D eigenvalue weighted by atomic mass is 10.0. The van der Waals surface area contributed by atoms with Gasteiger partial charge in [-0.3, -0.25) is 0 Å². The molecule has 0 bridgehead atoms. The third kappa shape index (κ3) is 1.97. The molecule has 1 aliphatic rings. The van der Waals surface area contributed by atoms with E-state index < -0.39 is 5.97 Å². The van der Waals surface area contributed by atoms with Gasteiger partial charge in [0, 0.05) is 24.3 Å². The van der Waals surface area contributed by atoms with Crippen LogP contribution >= 0.6 is 0 Å². The molecule has 104 valence electrons. The lowest BCUT2D eigenvalue weighted by molar-refractivity contribution is 0.0652. The summed E-state index contributed by atoms with van der Waals surface area (Å²) >= 11 is 0. The number of benzene rings is 1. The van der Waals surface area contributed by atoms with Crippen LogP contribution < -0.4 is 9.47 Å². The van der Waals surface area contributed by atoms with Crippen LogP contribution in [0.15, 0.2) is 22.7 Å². The van der Waals surface area contributed by atoms with Gasteiger partial charge in [-0.2, -0.15) is 0 Å². The van der Waals surface area contributed by atoms with Crippen molar-refractivity contribution in [3.05, 3.63) is 29.5 Å². The van der Waals surface area contributed by atoms with Gasteiger partial charge in [0.1, 0.15) is 5.69 Å². The van der Waals surface area contributed by atoms with Crippen LogP contribution in [0.3, 0.4) is 0 Å². The summed E-state index contributed by atoms with van der Waals surface area (Å²) < 4.78 is 20.7. The number of hydrogen-bond acceptors (Lipinski definition) is 6. The van der Waals surface area contributed by atoms with Gasteiger partial charge >= 0.3 is 5.97 Å². The molecule has 1 aromatic heterocycles. The van der Waals surface area contributed by atoms with Crippen LogP contribution in [0.1, 0.15) is 16.1 Å². The molecule has 1 aliphatic heterocycles. The van der Waals surface area contributed by atoms with Crippen LogP contribution in [0.4, 0.5) is 0 Å². The highest BCUT2D eigenvalue weighted by Crippen LogP contribution is 2.41. The van der Waals surface area contributed by atoms with Crippen molar-refractivity contribution in [2.75, 3.05) is 13.9 Å². The molecule has 2 heterocycles. The van der Waals surface area contributed by atoms with E-state index >= 15 is 0 Å². The molecule has 1 N–H and O–H groups in total. The summed E-state index contributed by atoms with van der Waals surface area (Å²) in [6.45, 7) is 0.436. The molecule has 7 heteroatoms. The van der Waals surface area contributed by atoms with Crippen LogP contribution in [-0.4, -0.2) is 30.1 Å². The molecule has 0 radical (unpaired) electrons. The first kappa shape index (κ1) is 12.5. The summed E-state index contributed by atoms with van der Waals surface area (Å²) in [5, 5.41) is 12.6. The normalized spacial score (nSPS) is 12.7. The quantitative estimate of drug-likeness (QED) is 0.912. The molecular formula is C13H11NO6. The first-order valence-corrected chi connectivity index (χ1v) is 5.81. The van der Waals surface area contributed by atoms with E-state index in [1.807, 2.05) is 0 Å². The van der Waals surface area contributed by atoms with Crippen molar-refractivity contribution in [1.82, 2.24) is 5.16 Å². The van der Waals surface area contributed by atoms with Crippen molar-refractivity contribution in [2.24, 2.45) is 0 Å². The first-order chi connectivity index (χ1) is 9.70. The minimum Gasteiger partial charge on any atom is -0.475 e. The highest BCUT2D eigenvalue weighted by Gasteiger charge is 2.23. The smallest absolute Gasteiger partial charge is 0.374 e. The topological polar surface area (TPSA) is 91.0 Å². The molecule has 0 amide bonds. The zero-order valence-corrected chi connectivity index (χ0v) is 10.6. The van der Waals surface area contributed by atoms with Crippen molar-refractivity contribution in [3.63, 3.8) is 0 Å². The Balaban J connectivity index is 2.10. The van der Waals surface area contributed by atoms with Gasteiger partial charge in [0.2, 0.25) is 12.6 Å². The molecule has 20 heavy (non-hydrogen) atoms. The Kier molecular flexibility index (Phi) is 3.03. The van der Waals surface area contributed by atoms with E-state index in [1.54, 1.807) is 19.2 Å². The number of carboxylic acid groups (broad SMARTS) is 1. The van der Waals surface area contributed by atoms with E-state index in [4.69, 9.17) is 23.8 Å². The predicted molar refractivity (Wildman–Crippen MR) is 65.7 cm³/mol. The van der Waals surface area contributed by atoms with Gasteiger partial charge in [0.25, 0.3) is 0 Å². The Hall–Kier alpha value is -2.54. The largest absolute Gasteiger partial charge is 0.475 e. The van der Waals surface area contributed by atoms with Gasteiger partial charge in [-0.05, 0) is 12.1 Å². The van der Waals surface area contributed by atoms with Gasteiger partial charge in [-0.15, -0.1) is 0 Å². The molecule has 7 nitrogen and oxygen atoms in total. The van der Waals surface area contributed by atoms with E-state index in [0.717, 1.165) is 5.56 Å². The van der Waals surface area contributed by atoms with Crippen LogP contribution in [0.25, 0.3) is 11.3 Å². The zero-order chi connectivity index (χ0) is 14.1. The molecular weight excluding hydrogens is 266 g/mol. The highest BCUT2D eigenvalue weighted by atomic mass is 16.7. The van der Waals surface area contributed by atoms with E-state index in [1.165, 1.54) is 6.07 Å². The fraction of sp³-hybridized carbons (Fsp3) is 0.231. The summed E-state index contributed by atoms with van der Waals surface area (Å²) in [7, 11) is 1.56. The van der Waals surface area contributed by atoms with Crippen molar-refractivity contribution in [2.45, 2.75) is 6.61 Å². The number of aromatic carboxylic acids is 1. The number of rotatable bonds is 4. The maximum atomic E-state index is 10.8. The second-order valence-electron chi connectivity index (χ2n) is 4.14. The summed E-state index contributed by atoms with van der Waals surface area (Å²) in [5.41, 5.74) is 1.84. The van der Waals surface area contributed by atoms with Gasteiger partial charge < -0.3 is 23.8 Å². The molecule has 0 fully saturated rings. The van der Waals surface area contributed by atoms with Gasteiger partial charge in [-0.25, -0.2) is 4.79 Å². The molecule has 2 aromatic rings. The molecule has 0 atom stereocenters. The van der Waals surface area contributed by atoms with Crippen molar-refractivity contribution < 1.29 is 28.6 Å². The van der Waals surface area contributed by atoms with Crippen LogP contribution in [-0.2, 0) is 11.3 Å². The summed E-state index contributed by atoms with van der Waals surface area (Å²) in [4.78, 5) is 10.8. The average molecular weight is 277 g/mol. The Labute approximate surface area is 113 Å². The predicted octanol–water partition coefficient (Wildman–Crippen LogP) is 1.91. The number of hydrogen-bond donors (Lipinski definition) is 1. The van der Waals surface area contributed by atoms with Crippen LogP contribution in [0.2, 0.25) is 0 Å². The number of carboxylic acids is 1. The van der Waals surface area contributed by atoms with E-state index in [9.17, 15) is 4.79 Å². The van der Waals surface area contributed by atoms with E-state index in [-0.39, 0.29) is 19.2 Å². The minimum absolute atomic E-state index is 0.148. The standard InChI is InChI=1S/C13H11NO6/c1-17-5-8-7(2-3-10-12(8)19-6-18-10)9-4-11(13(15)16)20-14-9/h2-4H,5-6H2,1H3,(H,15,16). The van der Waals surface area contributed by atoms with E-state index in [2.05, 4.69) is 5.16 Å². The zero-order valence-electron chi connectivity index (χ0n) is 10.6. The fourth-order valence-corrected chi connectivity index (χ4v) is 2.06. The Morgan fingerprint density at radius 2 is 2.30 bits per heavy atom. The molecule has 0 saturated heterocycles. The lowest BCUT2D eigenvalue weighted by Gasteiger charge is -2.09. The number of carbonyl (C=O) groups is 1. The molecule has 0 spiro atoms. The third-order valence-electron chi connectivity index (χ3n) is 2.93. The lowest BCUT2D eigenvalue weighted by Crippen LogP contribution is -1.97. The molecule has 0 saturated carbocycles. The maximum Gasteiger partial charge on any atom is 0.374 e. The van der Waals surface area contributed by atoms with Crippen LogP contribution in [0, 0.1) is 0 Å². The van der Waals surface area contributed by atoms with Crippen LogP contribution in [0.5, 0.6) is 11.5 Å². The monoisotopic (exact) mass is 277 g/mol. The third-order valence-corrected chi connectivity index (χ3v) is 2.93. The Morgan fingerprint density at radius 3 is 3.00 bits per heavy atom. The van der Waals surface area contributed by atoms with Gasteiger partial charge in [0.05, 0.1) is 6.61 Å². The maximum absolute atomic E-state index is 10.8. The van der Waals surface area contributed by atoms with Crippen molar-refractivity contribution in [1.29, 1.82) is 0 Å². The number of aromatic nitrogens is 1. The Morgan fingerprint density at radius 1 is 1.45 bits per heavy atom. The number of fused-ring (bicyclic) bond motifs is 1. The number of methoxy groups -OCH3 is 1. The Bertz CT molecular complexity index is 663. The molecule has 1 aromatic carbocycles. The molecule has 0 aliphatic carbocycles. The molecule has 3 rings (SSSR count). The minimum atomic E-state index is -1.17. The number of ether oxygens (including phenoxy) is 3. The average Bonchev–Trinajstić information content (AvgIpc) is 3.08. The summed E-state index contributed by atoms with van der Waals surface area (Å²) in [6, 6.07) is 4.87. The second-order valence-corrected chi connectivity index (χ2v) is 4.14.